The van der Waals surface area contributed by atoms with Crippen LogP contribution in [-0.2, 0) is 4.79 Å². The number of carbonyl (C=O) groups excluding carboxylic acids is 1. The van der Waals surface area contributed by atoms with Crippen LogP contribution in [0.15, 0.2) is 43.0 Å². The van der Waals surface area contributed by atoms with Gasteiger partial charge < -0.3 is 5.32 Å². The Morgan fingerprint density at radius 2 is 2.33 bits per heavy atom. The van der Waals surface area contributed by atoms with Crippen LogP contribution >= 0.6 is 11.6 Å². The summed E-state index contributed by atoms with van der Waals surface area (Å²) in [6, 6.07) is 5.16. The van der Waals surface area contributed by atoms with Crippen LogP contribution in [0.5, 0.6) is 0 Å². The number of nitrogens with one attached hydrogen (secondary N) is 1. The highest BCUT2D eigenvalue weighted by atomic mass is 35.5. The van der Waals surface area contributed by atoms with Gasteiger partial charge in [-0.3, -0.25) is 4.79 Å². The zero-order valence-corrected chi connectivity index (χ0v) is 10.4. The largest absolute Gasteiger partial charge is 0.321 e. The Morgan fingerprint density at radius 1 is 1.50 bits per heavy atom. The Hall–Kier alpha value is -2.14. The van der Waals surface area contributed by atoms with Gasteiger partial charge in [-0.25, -0.2) is 9.67 Å². The van der Waals surface area contributed by atoms with Gasteiger partial charge in [-0.05, 0) is 31.2 Å². The number of carbonyl (C=O) groups is 1. The molecule has 0 radical (unpaired) electrons. The molecular formula is C12H11ClN4O. The molecule has 1 heterocycles. The number of anilines is 1. The predicted molar refractivity (Wildman–Crippen MR) is 69.8 cm³/mol. The van der Waals surface area contributed by atoms with Gasteiger partial charge in [0.15, 0.2) is 0 Å². The standard InChI is InChI=1S/C12H11ClN4O/c1-2-3-12(18)16-10-6-9(13)4-5-11(10)17-8-14-7-15-17/h2-8H,1H3,(H,16,18). The van der Waals surface area contributed by atoms with Crippen molar-refractivity contribution < 1.29 is 4.79 Å². The molecule has 1 aromatic carbocycles. The number of aromatic nitrogens is 3. The fourth-order valence-corrected chi connectivity index (χ4v) is 1.64. The van der Waals surface area contributed by atoms with E-state index in [4.69, 9.17) is 11.6 Å². The normalized spacial score (nSPS) is 10.8. The SMILES string of the molecule is CC=CC(=O)Nc1cc(Cl)ccc1-n1cncn1. The van der Waals surface area contributed by atoms with E-state index in [1.165, 1.54) is 12.4 Å². The molecule has 18 heavy (non-hydrogen) atoms. The first-order valence-corrected chi connectivity index (χ1v) is 5.66. The highest BCUT2D eigenvalue weighted by Crippen LogP contribution is 2.23. The second kappa shape index (κ2) is 5.46. The molecule has 2 rings (SSSR count). The van der Waals surface area contributed by atoms with E-state index in [0.29, 0.717) is 16.4 Å². The lowest BCUT2D eigenvalue weighted by atomic mass is 10.2. The van der Waals surface area contributed by atoms with Crippen LogP contribution in [0, 0.1) is 0 Å². The summed E-state index contributed by atoms with van der Waals surface area (Å²) < 4.78 is 1.56. The number of hydrogen-bond donors (Lipinski definition) is 1. The Bertz CT molecular complexity index is 578. The summed E-state index contributed by atoms with van der Waals surface area (Å²) in [5, 5.41) is 7.30. The zero-order chi connectivity index (χ0) is 13.0. The molecule has 0 atom stereocenters. The summed E-state index contributed by atoms with van der Waals surface area (Å²) in [7, 11) is 0. The number of hydrogen-bond acceptors (Lipinski definition) is 3. The molecule has 0 saturated heterocycles. The summed E-state index contributed by atoms with van der Waals surface area (Å²) >= 11 is 5.92. The van der Waals surface area contributed by atoms with Crippen molar-refractivity contribution in [2.45, 2.75) is 6.92 Å². The lowest BCUT2D eigenvalue weighted by Gasteiger charge is -2.09. The molecule has 0 fully saturated rings. The molecule has 6 heteroatoms. The fraction of sp³-hybridized carbons (Fsp3) is 0.0833. The third kappa shape index (κ3) is 2.75. The van der Waals surface area contributed by atoms with Crippen molar-refractivity contribution in [3.05, 3.63) is 48.0 Å². The average Bonchev–Trinajstić information content (AvgIpc) is 2.83. The first-order chi connectivity index (χ1) is 8.70. The Kier molecular flexibility index (Phi) is 3.74. The Balaban J connectivity index is 2.38. The third-order valence-electron chi connectivity index (χ3n) is 2.20. The minimum absolute atomic E-state index is 0.221. The van der Waals surface area contributed by atoms with Crippen LogP contribution in [0.2, 0.25) is 5.02 Å². The second-order valence-corrected chi connectivity index (χ2v) is 3.93. The Labute approximate surface area is 109 Å². The summed E-state index contributed by atoms with van der Waals surface area (Å²) in [4.78, 5) is 15.4. The van der Waals surface area contributed by atoms with Gasteiger partial charge in [-0.2, -0.15) is 5.10 Å². The van der Waals surface area contributed by atoms with Crippen molar-refractivity contribution in [3.63, 3.8) is 0 Å². The van der Waals surface area contributed by atoms with E-state index in [1.807, 2.05) is 0 Å². The number of allylic oxidation sites excluding steroid dienone is 1. The van der Waals surface area contributed by atoms with E-state index in [1.54, 1.807) is 42.2 Å². The van der Waals surface area contributed by atoms with E-state index in [9.17, 15) is 4.79 Å². The van der Waals surface area contributed by atoms with Crippen LogP contribution in [-0.4, -0.2) is 20.7 Å². The van der Waals surface area contributed by atoms with Gasteiger partial charge in [0.05, 0.1) is 11.4 Å². The first kappa shape index (κ1) is 12.3. The highest BCUT2D eigenvalue weighted by Gasteiger charge is 2.08. The molecule has 0 spiro atoms. The van der Waals surface area contributed by atoms with Crippen LogP contribution < -0.4 is 5.32 Å². The molecule has 1 N–H and O–H groups in total. The summed E-state index contributed by atoms with van der Waals surface area (Å²) in [6.45, 7) is 1.77. The van der Waals surface area contributed by atoms with Crippen molar-refractivity contribution in [1.29, 1.82) is 0 Å². The molecular weight excluding hydrogens is 252 g/mol. The highest BCUT2D eigenvalue weighted by molar-refractivity contribution is 6.31. The molecule has 0 aliphatic heterocycles. The van der Waals surface area contributed by atoms with Crippen molar-refractivity contribution >= 4 is 23.2 Å². The molecule has 0 aliphatic carbocycles. The molecule has 1 amide bonds. The number of nitrogens with zero attached hydrogens (tertiary/aromatic N) is 3. The van der Waals surface area contributed by atoms with Gasteiger partial charge >= 0.3 is 0 Å². The lowest BCUT2D eigenvalue weighted by Crippen LogP contribution is -2.11. The van der Waals surface area contributed by atoms with Gasteiger partial charge in [-0.1, -0.05) is 17.7 Å². The van der Waals surface area contributed by atoms with Gasteiger partial charge in [0.1, 0.15) is 12.7 Å². The van der Waals surface area contributed by atoms with Crippen LogP contribution in [0.3, 0.4) is 0 Å². The summed E-state index contributed by atoms with van der Waals surface area (Å²) in [5.74, 6) is -0.221. The topological polar surface area (TPSA) is 59.8 Å². The fourth-order valence-electron chi connectivity index (χ4n) is 1.47. The molecule has 1 aromatic heterocycles. The maximum Gasteiger partial charge on any atom is 0.248 e. The van der Waals surface area contributed by atoms with Crippen LogP contribution in [0.4, 0.5) is 5.69 Å². The van der Waals surface area contributed by atoms with Gasteiger partial charge in [0.25, 0.3) is 0 Å². The van der Waals surface area contributed by atoms with E-state index in [0.717, 1.165) is 0 Å². The third-order valence-corrected chi connectivity index (χ3v) is 2.44. The van der Waals surface area contributed by atoms with Crippen LogP contribution in [0.25, 0.3) is 5.69 Å². The maximum atomic E-state index is 11.6. The summed E-state index contributed by atoms with van der Waals surface area (Å²) in [6.07, 6.45) is 6.07. The summed E-state index contributed by atoms with van der Waals surface area (Å²) in [5.41, 5.74) is 1.28. The predicted octanol–water partition coefficient (Wildman–Crippen LogP) is 2.44. The molecule has 92 valence electrons. The lowest BCUT2D eigenvalue weighted by molar-refractivity contribution is -0.111. The zero-order valence-electron chi connectivity index (χ0n) is 9.67. The molecule has 5 nitrogen and oxygen atoms in total. The number of benzene rings is 1. The number of halogens is 1. The average molecular weight is 263 g/mol. The van der Waals surface area contributed by atoms with E-state index in [-0.39, 0.29) is 5.91 Å². The minimum atomic E-state index is -0.221. The van der Waals surface area contributed by atoms with Crippen molar-refractivity contribution in [1.82, 2.24) is 14.8 Å². The Morgan fingerprint density at radius 3 is 3.00 bits per heavy atom. The van der Waals surface area contributed by atoms with Gasteiger partial charge in [-0.15, -0.1) is 0 Å². The van der Waals surface area contributed by atoms with Gasteiger partial charge in [0, 0.05) is 5.02 Å². The molecule has 0 unspecified atom stereocenters. The maximum absolute atomic E-state index is 11.6. The molecule has 0 saturated carbocycles. The van der Waals surface area contributed by atoms with E-state index in [2.05, 4.69) is 15.4 Å². The van der Waals surface area contributed by atoms with E-state index < -0.39 is 0 Å². The smallest absolute Gasteiger partial charge is 0.248 e. The monoisotopic (exact) mass is 262 g/mol. The first-order valence-electron chi connectivity index (χ1n) is 5.29. The molecule has 2 aromatic rings. The van der Waals surface area contributed by atoms with Gasteiger partial charge in [0.2, 0.25) is 5.91 Å². The number of rotatable bonds is 3. The molecule has 0 bridgehead atoms. The number of amides is 1. The quantitative estimate of drug-likeness (QED) is 0.865. The van der Waals surface area contributed by atoms with E-state index >= 15 is 0 Å². The minimum Gasteiger partial charge on any atom is -0.321 e. The second-order valence-electron chi connectivity index (χ2n) is 3.49. The van der Waals surface area contributed by atoms with Crippen molar-refractivity contribution in [3.8, 4) is 5.69 Å². The van der Waals surface area contributed by atoms with Crippen molar-refractivity contribution in [2.75, 3.05) is 5.32 Å². The van der Waals surface area contributed by atoms with Crippen molar-refractivity contribution in [2.24, 2.45) is 0 Å². The molecule has 0 aliphatic rings. The van der Waals surface area contributed by atoms with Crippen LogP contribution in [0.1, 0.15) is 6.92 Å².